The molecule has 8 nitrogen and oxygen atoms in total. The SMILES string of the molecule is O=C1CC(=O)N(c2cccc(-c3nnn[n-]3)c2)c2ccc3c(c2N1)CCCC3.[Na+]. The van der Waals surface area contributed by atoms with Crippen LogP contribution in [-0.2, 0) is 22.4 Å². The Morgan fingerprint density at radius 1 is 1.07 bits per heavy atom. The Morgan fingerprint density at radius 2 is 1.93 bits per heavy atom. The van der Waals surface area contributed by atoms with Gasteiger partial charge < -0.3 is 10.4 Å². The smallest absolute Gasteiger partial charge is 0.330 e. The summed E-state index contributed by atoms with van der Waals surface area (Å²) in [6.45, 7) is 0. The Bertz CT molecular complexity index is 1080. The fourth-order valence-electron chi connectivity index (χ4n) is 4.00. The van der Waals surface area contributed by atoms with Crippen molar-refractivity contribution in [1.82, 2.24) is 20.6 Å². The van der Waals surface area contributed by atoms with E-state index in [4.69, 9.17) is 0 Å². The van der Waals surface area contributed by atoms with Crippen molar-refractivity contribution in [3.05, 3.63) is 47.5 Å². The Kier molecular flexibility index (Phi) is 5.49. The molecular weight excluding hydrogens is 379 g/mol. The van der Waals surface area contributed by atoms with E-state index in [9.17, 15) is 9.59 Å². The van der Waals surface area contributed by atoms with Crippen LogP contribution in [0.15, 0.2) is 36.4 Å². The summed E-state index contributed by atoms with van der Waals surface area (Å²) in [5.41, 5.74) is 5.20. The second kappa shape index (κ2) is 8.06. The average molecular weight is 396 g/mol. The molecule has 0 saturated carbocycles. The van der Waals surface area contributed by atoms with Gasteiger partial charge in [0.05, 0.1) is 11.4 Å². The van der Waals surface area contributed by atoms with Gasteiger partial charge in [-0.2, -0.15) is 5.21 Å². The number of hydrogen-bond acceptors (Lipinski definition) is 5. The summed E-state index contributed by atoms with van der Waals surface area (Å²) in [5.74, 6) is -0.163. The van der Waals surface area contributed by atoms with Crippen LogP contribution in [0.2, 0.25) is 0 Å². The Morgan fingerprint density at radius 3 is 2.76 bits per heavy atom. The minimum atomic E-state index is -0.281. The van der Waals surface area contributed by atoms with Crippen LogP contribution in [0.3, 0.4) is 0 Å². The molecule has 2 aromatic carbocycles. The van der Waals surface area contributed by atoms with E-state index in [0.29, 0.717) is 22.8 Å². The Balaban J connectivity index is 0.00000205. The number of nitrogens with one attached hydrogen (secondary N) is 1. The van der Waals surface area contributed by atoms with Gasteiger partial charge in [-0.3, -0.25) is 24.8 Å². The van der Waals surface area contributed by atoms with Crippen LogP contribution in [0.25, 0.3) is 11.4 Å². The molecule has 0 radical (unpaired) electrons. The molecule has 0 saturated heterocycles. The predicted molar refractivity (Wildman–Crippen MR) is 102 cm³/mol. The summed E-state index contributed by atoms with van der Waals surface area (Å²) in [5, 5.41) is 17.8. The van der Waals surface area contributed by atoms with Gasteiger partial charge in [0.1, 0.15) is 6.42 Å². The summed E-state index contributed by atoms with van der Waals surface area (Å²) in [6.07, 6.45) is 3.92. The fraction of sp³-hybridized carbons (Fsp3) is 0.250. The standard InChI is InChI=1S/C20H18N6O2.Na/c27-17-11-18(28)26(14-6-3-5-13(10-14)20-22-24-25-23-20)16-9-8-12-4-1-2-7-15(12)19(16)21-17;/h3,5-6,8-10H,1-2,4,7,11H2,(H2,21,22,23,24,25,27);/q;+1/p-1. The number of tetrazole rings is 1. The van der Waals surface area contributed by atoms with Gasteiger partial charge in [0.2, 0.25) is 11.8 Å². The van der Waals surface area contributed by atoms with Crippen LogP contribution in [0.1, 0.15) is 30.4 Å². The number of aromatic nitrogens is 4. The summed E-state index contributed by atoms with van der Waals surface area (Å²) in [6, 6.07) is 11.3. The number of benzene rings is 2. The molecule has 29 heavy (non-hydrogen) atoms. The van der Waals surface area contributed by atoms with Gasteiger partial charge in [0.25, 0.3) is 0 Å². The monoisotopic (exact) mass is 396 g/mol. The first kappa shape index (κ1) is 19.8. The van der Waals surface area contributed by atoms with Crippen molar-refractivity contribution in [2.24, 2.45) is 0 Å². The molecular formula is C20H17N6NaO2. The molecule has 5 rings (SSSR count). The number of anilines is 3. The zero-order chi connectivity index (χ0) is 19.1. The van der Waals surface area contributed by atoms with Crippen LogP contribution < -0.4 is 44.9 Å². The third-order valence-corrected chi connectivity index (χ3v) is 5.26. The van der Waals surface area contributed by atoms with Gasteiger partial charge in [0.15, 0.2) is 0 Å². The Hall–Kier alpha value is -2.55. The molecule has 140 valence electrons. The first-order valence-electron chi connectivity index (χ1n) is 9.27. The van der Waals surface area contributed by atoms with Gasteiger partial charge in [0, 0.05) is 11.5 Å². The molecule has 0 spiro atoms. The van der Waals surface area contributed by atoms with Crippen LogP contribution >= 0.6 is 0 Å². The molecule has 2 amide bonds. The minimum absolute atomic E-state index is 0. The molecule has 9 heteroatoms. The van der Waals surface area contributed by atoms with Gasteiger partial charge in [-0.25, -0.2) is 0 Å². The second-order valence-corrected chi connectivity index (χ2v) is 7.01. The Labute approximate surface area is 189 Å². The van der Waals surface area contributed by atoms with Crippen molar-refractivity contribution in [1.29, 1.82) is 0 Å². The average Bonchev–Trinajstić information content (AvgIpc) is 3.20. The van der Waals surface area contributed by atoms with E-state index >= 15 is 0 Å². The maximum absolute atomic E-state index is 13.0. The second-order valence-electron chi connectivity index (χ2n) is 7.01. The quantitative estimate of drug-likeness (QED) is 0.458. The zero-order valence-electron chi connectivity index (χ0n) is 16.1. The minimum Gasteiger partial charge on any atom is -0.330 e. The van der Waals surface area contributed by atoms with Gasteiger partial charge in [-0.15, -0.1) is 0 Å². The largest absolute Gasteiger partial charge is 1.00 e. The van der Waals surface area contributed by atoms with E-state index in [-0.39, 0.29) is 47.8 Å². The van der Waals surface area contributed by atoms with Gasteiger partial charge >= 0.3 is 29.6 Å². The number of amides is 2. The van der Waals surface area contributed by atoms with Gasteiger partial charge in [-0.1, -0.05) is 18.2 Å². The van der Waals surface area contributed by atoms with Gasteiger partial charge in [-0.05, 0) is 60.6 Å². The maximum atomic E-state index is 13.0. The zero-order valence-corrected chi connectivity index (χ0v) is 18.1. The normalized spacial score (nSPS) is 15.7. The molecule has 2 heterocycles. The molecule has 1 N–H and O–H groups in total. The fourth-order valence-corrected chi connectivity index (χ4v) is 4.00. The topological polar surface area (TPSA) is 102 Å². The summed E-state index contributed by atoms with van der Waals surface area (Å²) in [7, 11) is 0. The van der Waals surface area contributed by atoms with E-state index in [1.165, 1.54) is 5.56 Å². The van der Waals surface area contributed by atoms with Crippen molar-refractivity contribution in [3.8, 4) is 11.4 Å². The molecule has 3 aromatic rings. The first-order chi connectivity index (χ1) is 13.7. The molecule has 1 aliphatic heterocycles. The number of rotatable bonds is 2. The van der Waals surface area contributed by atoms with E-state index in [1.807, 2.05) is 30.3 Å². The number of fused-ring (bicyclic) bond motifs is 3. The van der Waals surface area contributed by atoms with Crippen LogP contribution in [0.4, 0.5) is 17.1 Å². The summed E-state index contributed by atoms with van der Waals surface area (Å²) < 4.78 is 0. The molecule has 0 bridgehead atoms. The summed E-state index contributed by atoms with van der Waals surface area (Å²) >= 11 is 0. The van der Waals surface area contributed by atoms with E-state index in [1.54, 1.807) is 4.90 Å². The van der Waals surface area contributed by atoms with E-state index in [0.717, 1.165) is 36.9 Å². The van der Waals surface area contributed by atoms with Crippen molar-refractivity contribution < 1.29 is 39.1 Å². The first-order valence-corrected chi connectivity index (χ1v) is 9.27. The van der Waals surface area contributed by atoms with Crippen molar-refractivity contribution in [3.63, 3.8) is 0 Å². The molecule has 1 aliphatic carbocycles. The maximum Gasteiger partial charge on any atom is 1.00 e. The van der Waals surface area contributed by atoms with Crippen LogP contribution in [0.5, 0.6) is 0 Å². The third kappa shape index (κ3) is 3.59. The third-order valence-electron chi connectivity index (χ3n) is 5.26. The molecule has 0 fully saturated rings. The van der Waals surface area contributed by atoms with E-state index < -0.39 is 0 Å². The molecule has 0 unspecified atom stereocenters. The molecule has 1 aromatic heterocycles. The van der Waals surface area contributed by atoms with Crippen LogP contribution in [-0.4, -0.2) is 27.3 Å². The number of carbonyl (C=O) groups excluding carboxylic acids is 2. The number of carbonyl (C=O) groups is 2. The number of nitrogens with zero attached hydrogens (tertiary/aromatic N) is 5. The van der Waals surface area contributed by atoms with Crippen molar-refractivity contribution in [2.75, 3.05) is 10.2 Å². The summed E-state index contributed by atoms with van der Waals surface area (Å²) in [4.78, 5) is 26.9. The molecule has 2 aliphatic rings. The predicted octanol–water partition coefficient (Wildman–Crippen LogP) is -0.614. The number of hydrogen-bond donors (Lipinski definition) is 1. The van der Waals surface area contributed by atoms with Crippen molar-refractivity contribution >= 4 is 28.9 Å². The molecule has 0 atom stereocenters. The number of aryl methyl sites for hydroxylation is 1. The van der Waals surface area contributed by atoms with E-state index in [2.05, 4.69) is 32.0 Å². The van der Waals surface area contributed by atoms with Crippen molar-refractivity contribution in [2.45, 2.75) is 32.1 Å². The van der Waals surface area contributed by atoms with Crippen LogP contribution in [0, 0.1) is 0 Å².